The van der Waals surface area contributed by atoms with Crippen molar-refractivity contribution in [2.45, 2.75) is 0 Å². The van der Waals surface area contributed by atoms with Gasteiger partial charge in [-0.25, -0.2) is 0 Å². The Labute approximate surface area is 112 Å². The van der Waals surface area contributed by atoms with Gasteiger partial charge in [0.15, 0.2) is 0 Å². The maximum atomic E-state index is 11.7. The molecule has 0 aromatic heterocycles. The van der Waals surface area contributed by atoms with E-state index in [9.17, 15) is 9.59 Å². The van der Waals surface area contributed by atoms with Gasteiger partial charge in [-0.1, -0.05) is 18.2 Å². The monoisotopic (exact) mass is 265 g/mol. The number of para-hydroxylation sites is 1. The van der Waals surface area contributed by atoms with Crippen molar-refractivity contribution in [1.82, 2.24) is 4.90 Å². The van der Waals surface area contributed by atoms with E-state index in [2.05, 4.69) is 5.32 Å². The van der Waals surface area contributed by atoms with E-state index >= 15 is 0 Å². The number of hydrogen-bond acceptors (Lipinski definition) is 4. The minimum Gasteiger partial charge on any atom is -0.370 e. The Bertz CT molecular complexity index is 409. The quantitative estimate of drug-likeness (QED) is 0.683. The summed E-state index contributed by atoms with van der Waals surface area (Å²) in [6.07, 6.45) is 0. The molecule has 0 spiro atoms. The Morgan fingerprint density at radius 2 is 2.00 bits per heavy atom. The molecule has 1 rings (SSSR count). The van der Waals surface area contributed by atoms with Crippen molar-refractivity contribution < 1.29 is 14.3 Å². The summed E-state index contributed by atoms with van der Waals surface area (Å²) in [5.41, 5.74) is 5.95. The maximum Gasteiger partial charge on any atom is 0.248 e. The fraction of sp³-hybridized carbons (Fsp3) is 0.385. The van der Waals surface area contributed by atoms with E-state index in [0.717, 1.165) is 0 Å². The summed E-state index contributed by atoms with van der Waals surface area (Å²) in [6.45, 7) is 0.618. The molecule has 0 saturated heterocycles. The summed E-state index contributed by atoms with van der Waals surface area (Å²) < 4.78 is 5.02. The fourth-order valence-corrected chi connectivity index (χ4v) is 1.38. The molecule has 6 heteroatoms. The molecule has 0 aliphatic heterocycles. The number of hydrogen-bond donors (Lipinski definition) is 2. The van der Waals surface area contributed by atoms with Crippen LogP contribution in [0.2, 0.25) is 0 Å². The summed E-state index contributed by atoms with van der Waals surface area (Å²) in [4.78, 5) is 24.6. The zero-order valence-corrected chi connectivity index (χ0v) is 11.0. The summed E-state index contributed by atoms with van der Waals surface area (Å²) in [5, 5.41) is 2.70. The number of nitrogens with one attached hydrogen (secondary N) is 1. The molecule has 0 saturated carbocycles. The van der Waals surface area contributed by atoms with Gasteiger partial charge in [-0.05, 0) is 12.1 Å². The average Bonchev–Trinajstić information content (AvgIpc) is 2.39. The molecule has 3 N–H and O–H groups in total. The molecule has 1 aromatic carbocycles. The molecule has 0 aliphatic carbocycles. The summed E-state index contributed by atoms with van der Waals surface area (Å²) >= 11 is 0. The fourth-order valence-electron chi connectivity index (χ4n) is 1.38. The number of anilines is 1. The SMILES string of the molecule is CN(CC(=O)Nc1ccccc1)C(=O)COCCN. The molecule has 6 nitrogen and oxygen atoms in total. The molecule has 0 aliphatic rings. The standard InChI is InChI=1S/C13H19N3O3/c1-16(13(18)10-19-8-7-14)9-12(17)15-11-5-3-2-4-6-11/h2-6H,7-10,14H2,1H3,(H,15,17). The first kappa shape index (κ1) is 15.1. The Morgan fingerprint density at radius 1 is 1.32 bits per heavy atom. The van der Waals surface area contributed by atoms with Crippen molar-refractivity contribution in [1.29, 1.82) is 0 Å². The maximum absolute atomic E-state index is 11.7. The molecule has 2 amide bonds. The van der Waals surface area contributed by atoms with Gasteiger partial charge in [-0.2, -0.15) is 0 Å². The Kier molecular flexibility index (Phi) is 6.56. The van der Waals surface area contributed by atoms with Gasteiger partial charge in [0.1, 0.15) is 6.61 Å². The number of benzene rings is 1. The predicted octanol–water partition coefficient (Wildman–Crippen LogP) is 0.0588. The highest BCUT2D eigenvalue weighted by molar-refractivity contribution is 5.94. The first-order chi connectivity index (χ1) is 9.13. The van der Waals surface area contributed by atoms with Crippen molar-refractivity contribution in [2.24, 2.45) is 5.73 Å². The third-order valence-electron chi connectivity index (χ3n) is 2.35. The Morgan fingerprint density at radius 3 is 2.63 bits per heavy atom. The third kappa shape index (κ3) is 5.98. The molecule has 0 atom stereocenters. The number of nitrogens with two attached hydrogens (primary N) is 1. The van der Waals surface area contributed by atoms with Gasteiger partial charge >= 0.3 is 0 Å². The number of ether oxygens (including phenoxy) is 1. The minimum atomic E-state index is -0.253. The zero-order chi connectivity index (χ0) is 14.1. The van der Waals surface area contributed by atoms with E-state index in [-0.39, 0.29) is 25.0 Å². The van der Waals surface area contributed by atoms with Crippen molar-refractivity contribution in [3.63, 3.8) is 0 Å². The van der Waals surface area contributed by atoms with Crippen LogP contribution in [-0.2, 0) is 14.3 Å². The normalized spacial score (nSPS) is 10.0. The van der Waals surface area contributed by atoms with E-state index in [1.807, 2.05) is 18.2 Å². The molecule has 104 valence electrons. The summed E-state index contributed by atoms with van der Waals surface area (Å²) in [6, 6.07) is 9.07. The van der Waals surface area contributed by atoms with Crippen LogP contribution >= 0.6 is 0 Å². The lowest BCUT2D eigenvalue weighted by Crippen LogP contribution is -2.37. The van der Waals surface area contributed by atoms with Crippen LogP contribution in [0.1, 0.15) is 0 Å². The smallest absolute Gasteiger partial charge is 0.248 e. The summed E-state index contributed by atoms with van der Waals surface area (Å²) in [5.74, 6) is -0.502. The van der Waals surface area contributed by atoms with Crippen LogP contribution in [0.25, 0.3) is 0 Å². The molecule has 0 bridgehead atoms. The molecule has 0 unspecified atom stereocenters. The van der Waals surface area contributed by atoms with Crippen LogP contribution in [0.15, 0.2) is 30.3 Å². The van der Waals surface area contributed by atoms with Crippen molar-refractivity contribution >= 4 is 17.5 Å². The van der Waals surface area contributed by atoms with Crippen molar-refractivity contribution in [3.8, 4) is 0 Å². The molecule has 0 fully saturated rings. The van der Waals surface area contributed by atoms with Crippen LogP contribution in [0.4, 0.5) is 5.69 Å². The number of likely N-dealkylation sites (N-methyl/N-ethyl adjacent to an activating group) is 1. The highest BCUT2D eigenvalue weighted by Crippen LogP contribution is 2.04. The Hall–Kier alpha value is -1.92. The largest absolute Gasteiger partial charge is 0.370 e. The number of amides is 2. The van der Waals surface area contributed by atoms with Gasteiger partial charge in [0, 0.05) is 19.3 Å². The predicted molar refractivity (Wildman–Crippen MR) is 72.6 cm³/mol. The lowest BCUT2D eigenvalue weighted by molar-refractivity contribution is -0.137. The van der Waals surface area contributed by atoms with Crippen LogP contribution in [0, 0.1) is 0 Å². The van der Waals surface area contributed by atoms with Crippen LogP contribution in [0.5, 0.6) is 0 Å². The first-order valence-corrected chi connectivity index (χ1v) is 6.00. The molecule has 0 radical (unpaired) electrons. The first-order valence-electron chi connectivity index (χ1n) is 6.00. The highest BCUT2D eigenvalue weighted by Gasteiger charge is 2.12. The molecule has 0 heterocycles. The lowest BCUT2D eigenvalue weighted by Gasteiger charge is -2.16. The van der Waals surface area contributed by atoms with Gasteiger partial charge in [0.05, 0.1) is 13.2 Å². The van der Waals surface area contributed by atoms with Gasteiger partial charge in [-0.15, -0.1) is 0 Å². The van der Waals surface area contributed by atoms with E-state index in [0.29, 0.717) is 18.8 Å². The molecular formula is C13H19N3O3. The van der Waals surface area contributed by atoms with E-state index < -0.39 is 0 Å². The van der Waals surface area contributed by atoms with Gasteiger partial charge < -0.3 is 20.7 Å². The van der Waals surface area contributed by atoms with Crippen LogP contribution in [-0.4, -0.2) is 50.1 Å². The lowest BCUT2D eigenvalue weighted by atomic mass is 10.3. The Balaban J connectivity index is 2.33. The van der Waals surface area contributed by atoms with E-state index in [4.69, 9.17) is 10.5 Å². The second-order valence-corrected chi connectivity index (χ2v) is 4.01. The molecule has 19 heavy (non-hydrogen) atoms. The summed E-state index contributed by atoms with van der Waals surface area (Å²) in [7, 11) is 1.55. The van der Waals surface area contributed by atoms with Gasteiger partial charge in [-0.3, -0.25) is 9.59 Å². The molecular weight excluding hydrogens is 246 g/mol. The zero-order valence-electron chi connectivity index (χ0n) is 11.0. The number of carbonyl (C=O) groups excluding carboxylic acids is 2. The van der Waals surface area contributed by atoms with E-state index in [1.165, 1.54) is 4.90 Å². The van der Waals surface area contributed by atoms with E-state index in [1.54, 1.807) is 19.2 Å². The van der Waals surface area contributed by atoms with Crippen molar-refractivity contribution in [2.75, 3.05) is 38.7 Å². The topological polar surface area (TPSA) is 84.7 Å². The molecule has 1 aromatic rings. The second-order valence-electron chi connectivity index (χ2n) is 4.01. The highest BCUT2D eigenvalue weighted by atomic mass is 16.5. The number of nitrogens with zero attached hydrogens (tertiary/aromatic N) is 1. The van der Waals surface area contributed by atoms with Gasteiger partial charge in [0.2, 0.25) is 11.8 Å². The number of carbonyl (C=O) groups is 2. The van der Waals surface area contributed by atoms with Crippen LogP contribution < -0.4 is 11.1 Å². The van der Waals surface area contributed by atoms with Gasteiger partial charge in [0.25, 0.3) is 0 Å². The minimum absolute atomic E-state index is 0.0142. The van der Waals surface area contributed by atoms with Crippen molar-refractivity contribution in [3.05, 3.63) is 30.3 Å². The second kappa shape index (κ2) is 8.23. The van der Waals surface area contributed by atoms with Crippen LogP contribution in [0.3, 0.4) is 0 Å². The third-order valence-corrected chi connectivity index (χ3v) is 2.35. The average molecular weight is 265 g/mol. The number of rotatable bonds is 7.